The first kappa shape index (κ1) is 42.1. The summed E-state index contributed by atoms with van der Waals surface area (Å²) in [5.74, 6) is -3.90. The normalized spacial score (nSPS) is 15.2. The molecule has 258 valence electrons. The molecule has 0 aromatic rings. The van der Waals surface area contributed by atoms with Crippen molar-refractivity contribution < 1.29 is 34.2 Å². The zero-order chi connectivity index (χ0) is 33.1. The molecule has 7 nitrogen and oxygen atoms in total. The van der Waals surface area contributed by atoms with Gasteiger partial charge in [-0.25, -0.2) is 0 Å². The molecule has 0 aliphatic rings. The van der Waals surface area contributed by atoms with E-state index in [4.69, 9.17) is 0 Å². The maximum Gasteiger partial charge on any atom is 0.306 e. The molecule has 0 aliphatic heterocycles. The fourth-order valence-electron chi connectivity index (χ4n) is 5.97. The van der Waals surface area contributed by atoms with Crippen LogP contribution in [0, 0.1) is 17.8 Å². The molecule has 0 aromatic heterocycles. The number of quaternary nitrogens is 1. The Morgan fingerprint density at radius 3 is 1.02 bits per heavy atom. The number of hydrogen-bond acceptors (Lipinski definition) is 3. The Morgan fingerprint density at radius 2 is 0.750 bits per heavy atom. The second-order valence-corrected chi connectivity index (χ2v) is 13.7. The standard InChI is InChI=1S/C37H69NO6/c1-5-6-7-8-9-10-11-12-13-14-15-16-17-18-19-20-21-22-23-24-28-38(29-25-32(2)35(39)40,30-26-33(3)36(41)42)31-27-34(4)37(43)44/h5-6,32-34H,7-31H2,1-4H3,(H2-,39,40,41,42,43,44)/p+1/b6-5+. The lowest BCUT2D eigenvalue weighted by molar-refractivity contribution is -0.929. The van der Waals surface area contributed by atoms with E-state index in [1.54, 1.807) is 20.8 Å². The monoisotopic (exact) mass is 625 g/mol. The quantitative estimate of drug-likeness (QED) is 0.0390. The Labute approximate surface area is 270 Å². The van der Waals surface area contributed by atoms with Gasteiger partial charge in [-0.15, -0.1) is 0 Å². The van der Waals surface area contributed by atoms with Crippen molar-refractivity contribution in [2.75, 3.05) is 26.2 Å². The number of unbranched alkanes of at least 4 members (excludes halogenated alkanes) is 17. The van der Waals surface area contributed by atoms with Crippen LogP contribution in [0.2, 0.25) is 0 Å². The highest BCUT2D eigenvalue weighted by molar-refractivity contribution is 5.70. The number of nitrogens with zero attached hydrogens (tertiary/aromatic N) is 1. The van der Waals surface area contributed by atoms with Crippen LogP contribution in [0.4, 0.5) is 0 Å². The molecule has 0 aliphatic carbocycles. The van der Waals surface area contributed by atoms with Gasteiger partial charge in [-0.2, -0.15) is 0 Å². The number of hydrogen-bond donors (Lipinski definition) is 3. The molecule has 0 amide bonds. The molecular weight excluding hydrogens is 554 g/mol. The second-order valence-electron chi connectivity index (χ2n) is 13.7. The summed E-state index contributed by atoms with van der Waals surface area (Å²) in [5, 5.41) is 28.3. The highest BCUT2D eigenvalue weighted by Crippen LogP contribution is 2.22. The molecule has 0 saturated heterocycles. The lowest BCUT2D eigenvalue weighted by atomic mass is 10.0. The van der Waals surface area contributed by atoms with Crippen molar-refractivity contribution in [2.24, 2.45) is 17.8 Å². The number of carboxylic acids is 3. The molecule has 44 heavy (non-hydrogen) atoms. The Bertz CT molecular complexity index is 707. The first-order chi connectivity index (χ1) is 21.0. The van der Waals surface area contributed by atoms with Crippen LogP contribution in [0.1, 0.15) is 163 Å². The molecule has 0 heterocycles. The number of allylic oxidation sites excluding steroid dienone is 2. The molecule has 3 atom stereocenters. The largest absolute Gasteiger partial charge is 0.481 e. The highest BCUT2D eigenvalue weighted by atomic mass is 16.4. The maximum atomic E-state index is 11.5. The minimum Gasteiger partial charge on any atom is -0.481 e. The molecular formula is C37H70NO6+. The van der Waals surface area contributed by atoms with E-state index in [0.717, 1.165) is 19.4 Å². The fraction of sp³-hybridized carbons (Fsp3) is 0.865. The lowest BCUT2D eigenvalue weighted by Gasteiger charge is -2.40. The van der Waals surface area contributed by atoms with Gasteiger partial charge in [-0.1, -0.05) is 123 Å². The van der Waals surface area contributed by atoms with E-state index in [1.165, 1.54) is 103 Å². The van der Waals surface area contributed by atoms with E-state index in [0.29, 0.717) is 43.4 Å². The smallest absolute Gasteiger partial charge is 0.306 e. The zero-order valence-corrected chi connectivity index (χ0v) is 29.1. The summed E-state index contributed by atoms with van der Waals surface area (Å²) >= 11 is 0. The Kier molecular flexibility index (Phi) is 26.2. The first-order valence-corrected chi connectivity index (χ1v) is 18.2. The zero-order valence-electron chi connectivity index (χ0n) is 29.1. The van der Waals surface area contributed by atoms with Crippen LogP contribution in [0.3, 0.4) is 0 Å². The predicted molar refractivity (Wildman–Crippen MR) is 182 cm³/mol. The van der Waals surface area contributed by atoms with Crippen LogP contribution in [-0.4, -0.2) is 63.9 Å². The molecule has 3 unspecified atom stereocenters. The van der Waals surface area contributed by atoms with Gasteiger partial charge >= 0.3 is 17.9 Å². The summed E-state index contributed by atoms with van der Waals surface area (Å²) < 4.78 is 0.615. The fourth-order valence-corrected chi connectivity index (χ4v) is 5.97. The third-order valence-electron chi connectivity index (χ3n) is 9.61. The lowest BCUT2D eigenvalue weighted by Crippen LogP contribution is -2.52. The van der Waals surface area contributed by atoms with E-state index < -0.39 is 35.7 Å². The molecule has 0 saturated carbocycles. The third-order valence-corrected chi connectivity index (χ3v) is 9.61. The summed E-state index contributed by atoms with van der Waals surface area (Å²) in [5.41, 5.74) is 0. The summed E-state index contributed by atoms with van der Waals surface area (Å²) in [6.07, 6.45) is 29.4. The van der Waals surface area contributed by atoms with E-state index >= 15 is 0 Å². The van der Waals surface area contributed by atoms with E-state index in [1.807, 2.05) is 0 Å². The van der Waals surface area contributed by atoms with Crippen molar-refractivity contribution in [3.63, 3.8) is 0 Å². The van der Waals surface area contributed by atoms with Crippen molar-refractivity contribution in [1.82, 2.24) is 0 Å². The van der Waals surface area contributed by atoms with Crippen LogP contribution >= 0.6 is 0 Å². The van der Waals surface area contributed by atoms with Crippen LogP contribution in [-0.2, 0) is 14.4 Å². The van der Waals surface area contributed by atoms with Gasteiger partial charge in [0.25, 0.3) is 0 Å². The molecule has 0 rings (SSSR count). The van der Waals surface area contributed by atoms with Gasteiger partial charge in [0.15, 0.2) is 0 Å². The van der Waals surface area contributed by atoms with Crippen molar-refractivity contribution in [1.29, 1.82) is 0 Å². The summed E-state index contributed by atoms with van der Waals surface area (Å²) in [7, 11) is 0. The Hall–Kier alpha value is -1.89. The highest BCUT2D eigenvalue weighted by Gasteiger charge is 2.31. The molecule has 0 aromatic carbocycles. The van der Waals surface area contributed by atoms with E-state index in [2.05, 4.69) is 19.1 Å². The molecule has 3 N–H and O–H groups in total. The van der Waals surface area contributed by atoms with Gasteiger partial charge in [0.1, 0.15) is 0 Å². The van der Waals surface area contributed by atoms with Crippen LogP contribution in [0.15, 0.2) is 12.2 Å². The molecule has 0 radical (unpaired) electrons. The Balaban J connectivity index is 4.35. The van der Waals surface area contributed by atoms with Crippen LogP contribution < -0.4 is 0 Å². The van der Waals surface area contributed by atoms with Crippen molar-refractivity contribution in [2.45, 2.75) is 163 Å². The van der Waals surface area contributed by atoms with Crippen molar-refractivity contribution >= 4 is 17.9 Å². The van der Waals surface area contributed by atoms with Gasteiger partial charge in [0.2, 0.25) is 0 Å². The third kappa shape index (κ3) is 23.5. The predicted octanol–water partition coefficient (Wildman–Crippen LogP) is 9.73. The number of rotatable bonds is 32. The van der Waals surface area contributed by atoms with Gasteiger partial charge in [0, 0.05) is 19.3 Å². The maximum absolute atomic E-state index is 11.5. The second kappa shape index (κ2) is 27.4. The van der Waals surface area contributed by atoms with Crippen LogP contribution in [0.5, 0.6) is 0 Å². The average Bonchev–Trinajstić information content (AvgIpc) is 2.99. The van der Waals surface area contributed by atoms with Gasteiger partial charge in [0.05, 0.1) is 43.9 Å². The summed E-state index contributed by atoms with van der Waals surface area (Å²) in [6, 6.07) is 0. The van der Waals surface area contributed by atoms with Crippen LogP contribution in [0.25, 0.3) is 0 Å². The first-order valence-electron chi connectivity index (χ1n) is 18.2. The topological polar surface area (TPSA) is 112 Å². The summed E-state index contributed by atoms with van der Waals surface area (Å²) in [6.45, 7) is 10.0. The summed E-state index contributed by atoms with van der Waals surface area (Å²) in [4.78, 5) is 34.5. The number of aliphatic carboxylic acids is 3. The average molecular weight is 625 g/mol. The van der Waals surface area contributed by atoms with E-state index in [9.17, 15) is 29.7 Å². The van der Waals surface area contributed by atoms with Gasteiger partial charge in [-0.05, 0) is 32.6 Å². The van der Waals surface area contributed by atoms with Gasteiger partial charge < -0.3 is 19.8 Å². The van der Waals surface area contributed by atoms with E-state index in [-0.39, 0.29) is 0 Å². The van der Waals surface area contributed by atoms with Crippen molar-refractivity contribution in [3.8, 4) is 0 Å². The molecule has 7 heteroatoms. The molecule has 0 bridgehead atoms. The van der Waals surface area contributed by atoms with Gasteiger partial charge in [-0.3, -0.25) is 14.4 Å². The van der Waals surface area contributed by atoms with Crippen molar-refractivity contribution in [3.05, 3.63) is 12.2 Å². The Morgan fingerprint density at radius 1 is 0.477 bits per heavy atom. The number of carbonyl (C=O) groups is 3. The molecule has 0 fully saturated rings. The minimum absolute atomic E-state index is 0.477. The molecule has 0 spiro atoms. The SMILES string of the molecule is C/C=C/CCCCCCCCCCCCCCCCCCC[N+](CCC(C)C(=O)O)(CCC(C)C(=O)O)CCC(C)C(=O)O. The minimum atomic E-state index is -0.821. The number of carboxylic acid groups (broad SMARTS) is 3.